The first kappa shape index (κ1) is 16.1. The third-order valence-corrected chi connectivity index (χ3v) is 4.18. The van der Waals surface area contributed by atoms with Crippen LogP contribution in [0.3, 0.4) is 0 Å². The van der Waals surface area contributed by atoms with E-state index in [0.717, 1.165) is 5.56 Å². The zero-order chi connectivity index (χ0) is 14.6. The highest BCUT2D eigenvalue weighted by atomic mass is 79.9. The Morgan fingerprint density at radius 3 is 2.68 bits per heavy atom. The second-order valence-electron chi connectivity index (χ2n) is 4.81. The molecule has 0 fully saturated rings. The maximum atomic E-state index is 13.3. The van der Waals surface area contributed by atoms with Crippen molar-refractivity contribution in [1.29, 1.82) is 0 Å². The van der Waals surface area contributed by atoms with Crippen molar-refractivity contribution < 1.29 is 13.9 Å². The van der Waals surface area contributed by atoms with Gasteiger partial charge < -0.3 is 10.5 Å². The first-order chi connectivity index (χ1) is 8.85. The highest BCUT2D eigenvalue weighted by Crippen LogP contribution is 2.34. The number of esters is 1. The van der Waals surface area contributed by atoms with Gasteiger partial charge in [-0.15, -0.1) is 0 Å². The first-order valence-corrected chi connectivity index (χ1v) is 6.92. The number of methoxy groups -OCH3 is 1. The quantitative estimate of drug-likeness (QED) is 0.843. The first-order valence-electron chi connectivity index (χ1n) is 6.13. The molecule has 19 heavy (non-hydrogen) atoms. The third kappa shape index (κ3) is 3.54. The molecule has 1 aromatic rings. The predicted molar refractivity (Wildman–Crippen MR) is 76.4 cm³/mol. The number of carbonyl (C=O) groups excluding carboxylic acids is 1. The van der Waals surface area contributed by atoms with Crippen LogP contribution in [0.5, 0.6) is 0 Å². The summed E-state index contributed by atoms with van der Waals surface area (Å²) < 4.78 is 18.4. The zero-order valence-corrected chi connectivity index (χ0v) is 13.0. The van der Waals surface area contributed by atoms with Crippen LogP contribution in [0.15, 0.2) is 22.7 Å². The van der Waals surface area contributed by atoms with E-state index in [4.69, 9.17) is 10.5 Å². The lowest BCUT2D eigenvalue weighted by Gasteiger charge is -2.35. The summed E-state index contributed by atoms with van der Waals surface area (Å²) in [6.07, 6.45) is 0.874. The van der Waals surface area contributed by atoms with E-state index in [1.807, 2.05) is 13.8 Å². The molecule has 106 valence electrons. The van der Waals surface area contributed by atoms with E-state index in [1.54, 1.807) is 12.1 Å². The number of hydrogen-bond donors (Lipinski definition) is 1. The van der Waals surface area contributed by atoms with Gasteiger partial charge in [-0.3, -0.25) is 4.79 Å². The fourth-order valence-electron chi connectivity index (χ4n) is 2.12. The lowest BCUT2D eigenvalue weighted by molar-refractivity contribution is -0.142. The minimum Gasteiger partial charge on any atom is -0.469 e. The number of carbonyl (C=O) groups is 1. The lowest BCUT2D eigenvalue weighted by atomic mass is 9.73. The number of hydrogen-bond acceptors (Lipinski definition) is 3. The third-order valence-electron chi connectivity index (χ3n) is 3.58. The van der Waals surface area contributed by atoms with Crippen molar-refractivity contribution >= 4 is 21.9 Å². The van der Waals surface area contributed by atoms with Gasteiger partial charge >= 0.3 is 5.97 Å². The van der Waals surface area contributed by atoms with E-state index in [2.05, 4.69) is 15.9 Å². The van der Waals surface area contributed by atoms with Crippen molar-refractivity contribution in [2.75, 3.05) is 7.11 Å². The van der Waals surface area contributed by atoms with Crippen molar-refractivity contribution in [2.24, 2.45) is 5.73 Å². The van der Waals surface area contributed by atoms with Gasteiger partial charge in [-0.2, -0.15) is 0 Å². The van der Waals surface area contributed by atoms with Crippen LogP contribution in [0.25, 0.3) is 0 Å². The van der Waals surface area contributed by atoms with Crippen molar-refractivity contribution in [3.05, 3.63) is 34.1 Å². The Morgan fingerprint density at radius 1 is 1.58 bits per heavy atom. The molecule has 3 nitrogen and oxygen atoms in total. The van der Waals surface area contributed by atoms with Gasteiger partial charge in [-0.1, -0.05) is 19.9 Å². The molecule has 0 saturated carbocycles. The molecule has 0 aliphatic carbocycles. The van der Waals surface area contributed by atoms with E-state index in [-0.39, 0.29) is 24.2 Å². The maximum Gasteiger partial charge on any atom is 0.306 e. The van der Waals surface area contributed by atoms with Crippen LogP contribution in [0, 0.1) is 5.82 Å². The summed E-state index contributed by atoms with van der Waals surface area (Å²) in [7, 11) is 1.35. The molecule has 2 atom stereocenters. The Bertz CT molecular complexity index is 467. The lowest BCUT2D eigenvalue weighted by Crippen LogP contribution is -2.44. The largest absolute Gasteiger partial charge is 0.469 e. The summed E-state index contributed by atoms with van der Waals surface area (Å²) in [5.74, 6) is -0.666. The summed E-state index contributed by atoms with van der Waals surface area (Å²) in [4.78, 5) is 11.6. The van der Waals surface area contributed by atoms with Gasteiger partial charge in [-0.05, 0) is 40.0 Å². The van der Waals surface area contributed by atoms with Gasteiger partial charge in [0.25, 0.3) is 0 Å². The number of halogens is 2. The van der Waals surface area contributed by atoms with Crippen molar-refractivity contribution in [3.63, 3.8) is 0 Å². The molecule has 0 aliphatic rings. The van der Waals surface area contributed by atoms with Gasteiger partial charge in [-0.25, -0.2) is 4.39 Å². The van der Waals surface area contributed by atoms with Gasteiger partial charge in [0.15, 0.2) is 0 Å². The minimum absolute atomic E-state index is 0.163. The Kier molecular flexibility index (Phi) is 5.50. The molecule has 0 radical (unpaired) electrons. The fraction of sp³-hybridized carbons (Fsp3) is 0.500. The fourth-order valence-corrected chi connectivity index (χ4v) is 2.50. The van der Waals surface area contributed by atoms with Gasteiger partial charge in [0.2, 0.25) is 0 Å². The van der Waals surface area contributed by atoms with E-state index < -0.39 is 5.41 Å². The monoisotopic (exact) mass is 331 g/mol. The van der Waals surface area contributed by atoms with Gasteiger partial charge in [0, 0.05) is 11.5 Å². The molecule has 0 aromatic heterocycles. The van der Waals surface area contributed by atoms with Crippen LogP contribution in [0.4, 0.5) is 4.39 Å². The Labute approximate surface area is 121 Å². The topological polar surface area (TPSA) is 52.3 Å². The Morgan fingerprint density at radius 2 is 2.21 bits per heavy atom. The summed E-state index contributed by atoms with van der Waals surface area (Å²) in [5.41, 5.74) is 6.39. The molecule has 0 aliphatic heterocycles. The van der Waals surface area contributed by atoms with Crippen LogP contribution in [-0.4, -0.2) is 19.1 Å². The average Bonchev–Trinajstić information content (AvgIpc) is 2.40. The Balaban J connectivity index is 3.22. The number of ether oxygens (including phenoxy) is 1. The molecule has 5 heteroatoms. The maximum absolute atomic E-state index is 13.3. The van der Waals surface area contributed by atoms with Crippen LogP contribution < -0.4 is 5.73 Å². The number of rotatable bonds is 5. The number of benzene rings is 1. The van der Waals surface area contributed by atoms with Crippen LogP contribution in [0.1, 0.15) is 32.3 Å². The van der Waals surface area contributed by atoms with E-state index >= 15 is 0 Å². The van der Waals surface area contributed by atoms with E-state index in [9.17, 15) is 9.18 Å². The van der Waals surface area contributed by atoms with Crippen molar-refractivity contribution in [2.45, 2.75) is 38.1 Å². The molecular weight excluding hydrogens is 313 g/mol. The highest BCUT2D eigenvalue weighted by Gasteiger charge is 2.35. The second-order valence-corrected chi connectivity index (χ2v) is 5.67. The molecule has 0 saturated heterocycles. The summed E-state index contributed by atoms with van der Waals surface area (Å²) >= 11 is 3.16. The summed E-state index contributed by atoms with van der Waals surface area (Å²) in [5, 5.41) is 0. The van der Waals surface area contributed by atoms with Crippen LogP contribution in [0.2, 0.25) is 0 Å². The van der Waals surface area contributed by atoms with E-state index in [0.29, 0.717) is 10.9 Å². The smallest absolute Gasteiger partial charge is 0.306 e. The average molecular weight is 332 g/mol. The molecule has 1 rings (SSSR count). The molecule has 2 unspecified atom stereocenters. The molecule has 0 amide bonds. The van der Waals surface area contributed by atoms with Crippen molar-refractivity contribution in [1.82, 2.24) is 0 Å². The molecule has 0 spiro atoms. The zero-order valence-electron chi connectivity index (χ0n) is 11.4. The standard InChI is InChI=1S/C14H19BrFNO2/c1-4-12(17)14(2,8-13(18)19-3)9-5-6-11(16)10(15)7-9/h5-7,12H,4,8,17H2,1-3H3. The molecule has 0 bridgehead atoms. The Hall–Kier alpha value is -0.940. The van der Waals surface area contributed by atoms with Crippen LogP contribution >= 0.6 is 15.9 Å². The van der Waals surface area contributed by atoms with Gasteiger partial charge in [0.05, 0.1) is 18.0 Å². The predicted octanol–water partition coefficient (Wildman–Crippen LogP) is 3.15. The van der Waals surface area contributed by atoms with E-state index in [1.165, 1.54) is 13.2 Å². The highest BCUT2D eigenvalue weighted by molar-refractivity contribution is 9.10. The normalized spacial score (nSPS) is 15.7. The molecule has 1 aromatic carbocycles. The van der Waals surface area contributed by atoms with Crippen LogP contribution in [-0.2, 0) is 14.9 Å². The summed E-state index contributed by atoms with van der Waals surface area (Å²) in [6, 6.07) is 4.49. The number of nitrogens with two attached hydrogens (primary N) is 1. The SMILES string of the molecule is CCC(N)C(C)(CC(=O)OC)c1ccc(F)c(Br)c1. The summed E-state index contributed by atoms with van der Waals surface area (Å²) in [6.45, 7) is 3.86. The van der Waals surface area contributed by atoms with Gasteiger partial charge in [0.1, 0.15) is 5.82 Å². The second kappa shape index (κ2) is 6.48. The van der Waals surface area contributed by atoms with Crippen molar-refractivity contribution in [3.8, 4) is 0 Å². The molecule has 0 heterocycles. The molecular formula is C14H19BrFNO2. The molecule has 2 N–H and O–H groups in total. The minimum atomic E-state index is -0.585.